The predicted octanol–water partition coefficient (Wildman–Crippen LogP) is 4.58. The Labute approximate surface area is 158 Å². The van der Waals surface area contributed by atoms with Crippen molar-refractivity contribution in [2.45, 2.75) is 41.1 Å². The van der Waals surface area contributed by atoms with Crippen LogP contribution in [0.3, 0.4) is 0 Å². The third-order valence-electron chi connectivity index (χ3n) is 6.23. The molecule has 0 heterocycles. The van der Waals surface area contributed by atoms with E-state index in [1.165, 1.54) is 29.2 Å². The van der Waals surface area contributed by atoms with Crippen LogP contribution >= 0.6 is 8.25 Å². The van der Waals surface area contributed by atoms with Crippen LogP contribution in [0.5, 0.6) is 0 Å². The van der Waals surface area contributed by atoms with E-state index in [1.54, 1.807) is 0 Å². The fourth-order valence-electron chi connectivity index (χ4n) is 5.09. The number of carbonyl (C=O) groups is 1. The summed E-state index contributed by atoms with van der Waals surface area (Å²) in [6, 6.07) is 17.3. The summed E-state index contributed by atoms with van der Waals surface area (Å²) >= 11 is -1.76. The van der Waals surface area contributed by atoms with E-state index >= 15 is 0 Å². The van der Waals surface area contributed by atoms with E-state index in [0.29, 0.717) is 0 Å². The Bertz CT molecular complexity index is 784. The summed E-state index contributed by atoms with van der Waals surface area (Å²) in [6.45, 7) is 6.03. The van der Waals surface area contributed by atoms with Crippen molar-refractivity contribution in [1.29, 1.82) is 0 Å². The first-order valence-electron chi connectivity index (χ1n) is 8.38. The number of halogens is 1. The second kappa shape index (κ2) is 5.57. The Kier molecular flexibility index (Phi) is 3.85. The number of hydrogen-bond donors (Lipinski definition) is 0. The fraction of sp³-hybridized carbons (Fsp3) is 0.350. The molecule has 0 aromatic heterocycles. The van der Waals surface area contributed by atoms with Crippen LogP contribution in [0.2, 0.25) is 3.43 Å². The van der Waals surface area contributed by atoms with Gasteiger partial charge in [0.05, 0.1) is 0 Å². The van der Waals surface area contributed by atoms with Crippen molar-refractivity contribution in [3.63, 3.8) is 0 Å². The van der Waals surface area contributed by atoms with E-state index in [4.69, 9.17) is 13.0 Å². The molecule has 2 unspecified atom stereocenters. The van der Waals surface area contributed by atoms with Gasteiger partial charge >= 0.3 is 159 Å². The molecular formula is C20H19ClHgO2. The third kappa shape index (κ3) is 1.90. The Balaban J connectivity index is 2.11. The van der Waals surface area contributed by atoms with Crippen molar-refractivity contribution < 1.29 is 32.9 Å². The van der Waals surface area contributed by atoms with Gasteiger partial charge < -0.3 is 0 Å². The van der Waals surface area contributed by atoms with Crippen LogP contribution in [0.1, 0.15) is 43.0 Å². The van der Waals surface area contributed by atoms with E-state index in [9.17, 15) is 4.79 Å². The van der Waals surface area contributed by atoms with Gasteiger partial charge in [0, 0.05) is 0 Å². The number of hydrogen-bond acceptors (Lipinski definition) is 2. The predicted molar refractivity (Wildman–Crippen MR) is 90.9 cm³/mol. The summed E-state index contributed by atoms with van der Waals surface area (Å²) < 4.78 is 6.20. The van der Waals surface area contributed by atoms with Gasteiger partial charge in [-0.2, -0.15) is 0 Å². The number of rotatable bonds is 2. The van der Waals surface area contributed by atoms with Crippen LogP contribution in [0, 0.1) is 0 Å². The zero-order valence-corrected chi connectivity index (χ0v) is 20.4. The quantitative estimate of drug-likeness (QED) is 0.422. The molecule has 0 N–H and O–H groups in total. The minimum atomic E-state index is -1.76. The molecule has 2 bridgehead atoms. The zero-order valence-electron chi connectivity index (χ0n) is 14.2. The van der Waals surface area contributed by atoms with Crippen molar-refractivity contribution in [2.75, 3.05) is 0 Å². The van der Waals surface area contributed by atoms with Crippen molar-refractivity contribution in [1.82, 2.24) is 0 Å². The molecule has 5 rings (SSSR count). The van der Waals surface area contributed by atoms with Crippen molar-refractivity contribution in [3.05, 3.63) is 70.8 Å². The van der Waals surface area contributed by atoms with E-state index in [-0.39, 0.29) is 26.3 Å². The van der Waals surface area contributed by atoms with Crippen LogP contribution in [-0.2, 0) is 43.7 Å². The number of esters is 1. The summed E-state index contributed by atoms with van der Waals surface area (Å²) in [6.07, 6.45) is -0.163. The first-order chi connectivity index (χ1) is 11.5. The number of carbonyl (C=O) groups excluding carboxylic acids is 1. The molecule has 0 saturated heterocycles. The fourth-order valence-corrected chi connectivity index (χ4v) is 15.0. The van der Waals surface area contributed by atoms with E-state index in [2.05, 4.69) is 62.4 Å². The molecule has 0 aliphatic heterocycles. The molecule has 2 atom stereocenters. The van der Waals surface area contributed by atoms with Crippen molar-refractivity contribution >= 4 is 14.2 Å². The van der Waals surface area contributed by atoms with Crippen LogP contribution < -0.4 is 0 Å². The standard InChI is InChI=1S/C20H19O2.ClH.Hg/c1-13(21)22-18-12-19(2)14-8-4-6-10-16(14)20(18,3)17-11-7-5-9-15(17)19;;/h4-12,18H,1-3H3;1H;/q;;+1/p-1. The summed E-state index contributed by atoms with van der Waals surface area (Å²) in [5.74, 6) is -0.212. The normalized spacial score (nSPS) is 32.5. The molecule has 3 aliphatic carbocycles. The van der Waals surface area contributed by atoms with Gasteiger partial charge in [0.15, 0.2) is 0 Å². The molecule has 2 aromatic carbocycles. The second-order valence-corrected chi connectivity index (χ2v) is 14.6. The molecule has 24 heavy (non-hydrogen) atoms. The Morgan fingerprint density at radius 2 is 1.38 bits per heavy atom. The molecule has 0 radical (unpaired) electrons. The second-order valence-electron chi connectivity index (χ2n) is 7.29. The van der Waals surface area contributed by atoms with Gasteiger partial charge in [0.1, 0.15) is 0 Å². The molecule has 2 nitrogen and oxygen atoms in total. The number of fused-ring (bicyclic) bond motifs is 1. The molecule has 2 aromatic rings. The number of benzene rings is 2. The van der Waals surface area contributed by atoms with Gasteiger partial charge in [-0.25, -0.2) is 0 Å². The molecule has 120 valence electrons. The first kappa shape index (κ1) is 16.6. The first-order valence-corrected chi connectivity index (χ1v) is 18.3. The maximum absolute atomic E-state index is 11.9. The monoisotopic (exact) mass is 528 g/mol. The minimum absolute atomic E-state index is 0.158. The zero-order chi connectivity index (χ0) is 17.1. The molecule has 0 amide bonds. The molecule has 0 spiro atoms. The van der Waals surface area contributed by atoms with Crippen LogP contribution in [-0.4, -0.2) is 12.1 Å². The molecule has 4 heteroatoms. The maximum atomic E-state index is 11.9. The third-order valence-corrected chi connectivity index (χ3v) is 15.3. The topological polar surface area (TPSA) is 26.3 Å². The number of ether oxygens (including phenoxy) is 1. The molecule has 3 aliphatic rings. The van der Waals surface area contributed by atoms with Crippen LogP contribution in [0.15, 0.2) is 48.5 Å². The molecule has 0 fully saturated rings. The summed E-state index contributed by atoms with van der Waals surface area (Å²) in [7, 11) is 6.67. The Morgan fingerprint density at radius 1 is 0.958 bits per heavy atom. The van der Waals surface area contributed by atoms with Gasteiger partial charge in [0.2, 0.25) is 0 Å². The Hall–Kier alpha value is -0.865. The van der Waals surface area contributed by atoms with E-state index < -0.39 is 23.3 Å². The summed E-state index contributed by atoms with van der Waals surface area (Å²) in [5, 5.41) is 0. The van der Waals surface area contributed by atoms with Crippen molar-refractivity contribution in [3.8, 4) is 0 Å². The van der Waals surface area contributed by atoms with Gasteiger partial charge in [0.25, 0.3) is 0 Å². The molecular weight excluding hydrogens is 508 g/mol. The van der Waals surface area contributed by atoms with Gasteiger partial charge in [-0.3, -0.25) is 0 Å². The van der Waals surface area contributed by atoms with Crippen LogP contribution in [0.25, 0.3) is 0 Å². The average molecular weight is 527 g/mol. The van der Waals surface area contributed by atoms with Crippen molar-refractivity contribution in [2.24, 2.45) is 0 Å². The molecule has 0 saturated carbocycles. The van der Waals surface area contributed by atoms with E-state index in [1.807, 2.05) is 0 Å². The van der Waals surface area contributed by atoms with Gasteiger partial charge in [-0.15, -0.1) is 0 Å². The summed E-state index contributed by atoms with van der Waals surface area (Å²) in [4.78, 5) is 11.9. The SMILES string of the molecule is CC(=O)OC1[CH]([Hg][Cl])C2(C)c3ccccc3C1(C)c1ccccc12. The van der Waals surface area contributed by atoms with Crippen LogP contribution in [0.4, 0.5) is 0 Å². The summed E-state index contributed by atoms with van der Waals surface area (Å²) in [5.41, 5.74) is 4.81. The van der Waals surface area contributed by atoms with Gasteiger partial charge in [-0.05, 0) is 0 Å². The Morgan fingerprint density at radius 3 is 1.75 bits per heavy atom. The van der Waals surface area contributed by atoms with Gasteiger partial charge in [-0.1, -0.05) is 0 Å². The van der Waals surface area contributed by atoms with E-state index in [0.717, 1.165) is 0 Å². The average Bonchev–Trinajstić information content (AvgIpc) is 2.58.